The molecule has 0 amide bonds. The van der Waals surface area contributed by atoms with Gasteiger partial charge in [-0.1, -0.05) is 13.3 Å². The normalized spacial score (nSPS) is 16.5. The first-order valence-electron chi connectivity index (χ1n) is 7.79. The summed E-state index contributed by atoms with van der Waals surface area (Å²) in [7, 11) is 0. The fourth-order valence-electron chi connectivity index (χ4n) is 3.00. The van der Waals surface area contributed by atoms with Crippen molar-refractivity contribution in [3.63, 3.8) is 0 Å². The molecule has 1 unspecified atom stereocenters. The second kappa shape index (κ2) is 6.95. The molecule has 2 aromatic heterocycles. The van der Waals surface area contributed by atoms with Crippen LogP contribution in [0.25, 0.3) is 0 Å². The standard InChI is InChI=1S/C17H22BrNS2/c1-3-19-16(14-9-11(2)17(18)21-14)15-10-12-7-5-4-6-8-13(12)20-15/h9-10,16,19H,3-8H2,1-2H3. The van der Waals surface area contributed by atoms with Crippen LogP contribution in [0.1, 0.15) is 58.0 Å². The van der Waals surface area contributed by atoms with Crippen molar-refractivity contribution >= 4 is 38.6 Å². The number of hydrogen-bond donors (Lipinski definition) is 1. The molecule has 114 valence electrons. The highest BCUT2D eigenvalue weighted by atomic mass is 79.9. The van der Waals surface area contributed by atoms with Crippen molar-refractivity contribution in [1.82, 2.24) is 5.32 Å². The summed E-state index contributed by atoms with van der Waals surface area (Å²) >= 11 is 7.57. The molecule has 2 heterocycles. The maximum atomic E-state index is 3.68. The molecule has 0 saturated carbocycles. The quantitative estimate of drug-likeness (QED) is 0.652. The van der Waals surface area contributed by atoms with Crippen molar-refractivity contribution < 1.29 is 0 Å². The van der Waals surface area contributed by atoms with Crippen molar-refractivity contribution in [2.75, 3.05) is 6.54 Å². The Kier molecular flexibility index (Phi) is 5.20. The van der Waals surface area contributed by atoms with Gasteiger partial charge in [-0.15, -0.1) is 22.7 Å². The molecule has 0 fully saturated rings. The topological polar surface area (TPSA) is 12.0 Å². The molecule has 1 aliphatic carbocycles. The molecule has 2 aromatic rings. The Bertz CT molecular complexity index is 571. The lowest BCUT2D eigenvalue weighted by Crippen LogP contribution is -2.20. The third-order valence-electron chi connectivity index (χ3n) is 4.12. The van der Waals surface area contributed by atoms with Crippen LogP contribution in [-0.4, -0.2) is 6.54 Å². The summed E-state index contributed by atoms with van der Waals surface area (Å²) in [4.78, 5) is 4.56. The first-order valence-corrected chi connectivity index (χ1v) is 10.2. The summed E-state index contributed by atoms with van der Waals surface area (Å²) in [5.74, 6) is 0. The zero-order valence-electron chi connectivity index (χ0n) is 12.7. The minimum Gasteiger partial charge on any atom is -0.305 e. The lowest BCUT2D eigenvalue weighted by Gasteiger charge is -2.14. The van der Waals surface area contributed by atoms with Gasteiger partial charge >= 0.3 is 0 Å². The first-order chi connectivity index (χ1) is 10.2. The number of halogens is 1. The SMILES string of the molecule is CCNC(c1cc(C)c(Br)s1)c1cc2c(s1)CCCCC2. The van der Waals surface area contributed by atoms with E-state index in [1.165, 1.54) is 51.2 Å². The van der Waals surface area contributed by atoms with E-state index in [9.17, 15) is 0 Å². The number of hydrogen-bond acceptors (Lipinski definition) is 3. The second-order valence-corrected chi connectivity index (χ2v) is 9.32. The van der Waals surface area contributed by atoms with Gasteiger partial charge in [-0.25, -0.2) is 0 Å². The molecule has 1 nitrogen and oxygen atoms in total. The Labute approximate surface area is 143 Å². The number of aryl methyl sites for hydroxylation is 3. The molecule has 1 N–H and O–H groups in total. The molecular formula is C17H22BrNS2. The number of fused-ring (bicyclic) bond motifs is 1. The van der Waals surface area contributed by atoms with Crippen LogP contribution >= 0.6 is 38.6 Å². The van der Waals surface area contributed by atoms with E-state index < -0.39 is 0 Å². The fourth-order valence-corrected chi connectivity index (χ4v) is 6.10. The number of nitrogens with one attached hydrogen (secondary N) is 1. The minimum atomic E-state index is 0.363. The molecule has 4 heteroatoms. The van der Waals surface area contributed by atoms with Gasteiger partial charge in [0.25, 0.3) is 0 Å². The Morgan fingerprint density at radius 3 is 2.62 bits per heavy atom. The van der Waals surface area contributed by atoms with Crippen LogP contribution in [0.3, 0.4) is 0 Å². The summed E-state index contributed by atoms with van der Waals surface area (Å²) < 4.78 is 1.26. The Balaban J connectivity index is 1.93. The van der Waals surface area contributed by atoms with Crippen LogP contribution < -0.4 is 5.32 Å². The average molecular weight is 384 g/mol. The molecule has 0 aromatic carbocycles. The van der Waals surface area contributed by atoms with Crippen molar-refractivity contribution in [3.05, 3.63) is 41.7 Å². The largest absolute Gasteiger partial charge is 0.305 e. The summed E-state index contributed by atoms with van der Waals surface area (Å²) in [6, 6.07) is 5.16. The first kappa shape index (κ1) is 15.7. The van der Waals surface area contributed by atoms with E-state index in [1.54, 1.807) is 10.4 Å². The lowest BCUT2D eigenvalue weighted by atomic mass is 10.1. The van der Waals surface area contributed by atoms with Gasteiger partial charge in [0, 0.05) is 14.6 Å². The van der Waals surface area contributed by atoms with Crippen LogP contribution in [0, 0.1) is 6.92 Å². The van der Waals surface area contributed by atoms with Gasteiger partial charge in [-0.3, -0.25) is 0 Å². The van der Waals surface area contributed by atoms with Gasteiger partial charge in [0.1, 0.15) is 0 Å². The van der Waals surface area contributed by atoms with Crippen molar-refractivity contribution in [3.8, 4) is 0 Å². The summed E-state index contributed by atoms with van der Waals surface area (Å²) in [6.45, 7) is 5.37. The van der Waals surface area contributed by atoms with Crippen molar-refractivity contribution in [2.24, 2.45) is 0 Å². The summed E-state index contributed by atoms with van der Waals surface area (Å²) in [6.07, 6.45) is 6.68. The Hall–Kier alpha value is -0.160. The van der Waals surface area contributed by atoms with Gasteiger partial charge in [0.05, 0.1) is 9.83 Å². The lowest BCUT2D eigenvalue weighted by molar-refractivity contribution is 0.647. The van der Waals surface area contributed by atoms with E-state index in [-0.39, 0.29) is 0 Å². The highest BCUT2D eigenvalue weighted by molar-refractivity contribution is 9.11. The molecule has 0 saturated heterocycles. The molecule has 0 aliphatic heterocycles. The molecule has 1 aliphatic rings. The van der Waals surface area contributed by atoms with Crippen LogP contribution in [0.5, 0.6) is 0 Å². The number of rotatable bonds is 4. The van der Waals surface area contributed by atoms with Gasteiger partial charge in [0.2, 0.25) is 0 Å². The van der Waals surface area contributed by atoms with E-state index in [1.807, 2.05) is 22.7 Å². The summed E-state index contributed by atoms with van der Waals surface area (Å²) in [5, 5.41) is 3.68. The maximum Gasteiger partial charge on any atom is 0.0765 e. The molecule has 3 rings (SSSR count). The smallest absolute Gasteiger partial charge is 0.0765 e. The van der Waals surface area contributed by atoms with E-state index in [4.69, 9.17) is 0 Å². The molecule has 21 heavy (non-hydrogen) atoms. The molecule has 0 radical (unpaired) electrons. The Morgan fingerprint density at radius 1 is 1.14 bits per heavy atom. The van der Waals surface area contributed by atoms with Gasteiger partial charge in [0.15, 0.2) is 0 Å². The molecule has 0 spiro atoms. The van der Waals surface area contributed by atoms with Gasteiger partial charge < -0.3 is 5.32 Å². The molecular weight excluding hydrogens is 362 g/mol. The van der Waals surface area contributed by atoms with E-state index in [0.29, 0.717) is 6.04 Å². The molecule has 1 atom stereocenters. The minimum absolute atomic E-state index is 0.363. The zero-order valence-corrected chi connectivity index (χ0v) is 15.9. The summed E-state index contributed by atoms with van der Waals surface area (Å²) in [5.41, 5.74) is 2.96. The average Bonchev–Trinajstić information content (AvgIpc) is 2.93. The number of thiophene rings is 2. The van der Waals surface area contributed by atoms with E-state index >= 15 is 0 Å². The second-order valence-electron chi connectivity index (χ2n) is 5.75. The molecule has 0 bridgehead atoms. The predicted octanol–water partition coefficient (Wildman–Crippen LogP) is 5.85. The van der Waals surface area contributed by atoms with Crippen LogP contribution in [0.4, 0.5) is 0 Å². The predicted molar refractivity (Wildman–Crippen MR) is 97.9 cm³/mol. The zero-order chi connectivity index (χ0) is 14.8. The maximum absolute atomic E-state index is 3.68. The van der Waals surface area contributed by atoms with Gasteiger partial charge in [-0.2, -0.15) is 0 Å². The van der Waals surface area contributed by atoms with E-state index in [2.05, 4.69) is 47.2 Å². The highest BCUT2D eigenvalue weighted by Crippen LogP contribution is 2.39. The third-order valence-corrected chi connectivity index (χ3v) is 7.62. The third kappa shape index (κ3) is 3.44. The van der Waals surface area contributed by atoms with Crippen molar-refractivity contribution in [1.29, 1.82) is 0 Å². The van der Waals surface area contributed by atoms with Crippen molar-refractivity contribution in [2.45, 2.75) is 52.0 Å². The van der Waals surface area contributed by atoms with E-state index in [0.717, 1.165) is 6.54 Å². The van der Waals surface area contributed by atoms with Crippen LogP contribution in [0.15, 0.2) is 15.9 Å². The van der Waals surface area contributed by atoms with Gasteiger partial charge in [-0.05, 0) is 78.3 Å². The highest BCUT2D eigenvalue weighted by Gasteiger charge is 2.21. The van der Waals surface area contributed by atoms with Crippen LogP contribution in [0.2, 0.25) is 0 Å². The Morgan fingerprint density at radius 2 is 1.90 bits per heavy atom. The van der Waals surface area contributed by atoms with Crippen LogP contribution in [-0.2, 0) is 12.8 Å². The monoisotopic (exact) mass is 383 g/mol. The fraction of sp³-hybridized carbons (Fsp3) is 0.529.